The minimum Gasteiger partial charge on any atom is -0.0683 e. The number of hydrogen-bond donors (Lipinski definition) is 0. The van der Waals surface area contributed by atoms with Crippen LogP contribution in [0.3, 0.4) is 0 Å². The van der Waals surface area contributed by atoms with Gasteiger partial charge in [-0.15, -0.1) is 0 Å². The van der Waals surface area contributed by atoms with E-state index >= 15 is 0 Å². The SMILES string of the molecule is CC.CC1CCC1C. The summed E-state index contributed by atoms with van der Waals surface area (Å²) in [6, 6.07) is 0. The van der Waals surface area contributed by atoms with Crippen LogP contribution in [0.1, 0.15) is 40.5 Å². The van der Waals surface area contributed by atoms with Crippen molar-refractivity contribution < 1.29 is 0 Å². The minimum absolute atomic E-state index is 1.03. The second-order valence-electron chi connectivity index (χ2n) is 2.53. The third kappa shape index (κ3) is 1.85. The monoisotopic (exact) mass is 114 g/mol. The van der Waals surface area contributed by atoms with Gasteiger partial charge in [0.15, 0.2) is 0 Å². The lowest BCUT2D eigenvalue weighted by Gasteiger charge is -2.29. The van der Waals surface area contributed by atoms with Crippen molar-refractivity contribution in [3.05, 3.63) is 0 Å². The zero-order valence-corrected chi connectivity index (χ0v) is 6.57. The highest BCUT2D eigenvalue weighted by molar-refractivity contribution is 4.71. The maximum absolute atomic E-state index is 2.33. The van der Waals surface area contributed by atoms with Crippen molar-refractivity contribution in [3.63, 3.8) is 0 Å². The Bertz CT molecular complexity index is 40.0. The molecule has 0 aromatic carbocycles. The lowest BCUT2D eigenvalue weighted by atomic mass is 9.77. The second-order valence-corrected chi connectivity index (χ2v) is 2.53. The van der Waals surface area contributed by atoms with Gasteiger partial charge in [-0.05, 0) is 11.8 Å². The topological polar surface area (TPSA) is 0 Å². The molecule has 0 saturated heterocycles. The number of rotatable bonds is 0. The molecule has 0 heterocycles. The Morgan fingerprint density at radius 3 is 1.12 bits per heavy atom. The van der Waals surface area contributed by atoms with Gasteiger partial charge in [0.1, 0.15) is 0 Å². The summed E-state index contributed by atoms with van der Waals surface area (Å²) < 4.78 is 0. The maximum atomic E-state index is 2.33. The normalized spacial score (nSPS) is 34.5. The van der Waals surface area contributed by atoms with Crippen molar-refractivity contribution in [1.82, 2.24) is 0 Å². The van der Waals surface area contributed by atoms with E-state index in [1.807, 2.05) is 13.8 Å². The molecule has 1 aliphatic rings. The van der Waals surface area contributed by atoms with Crippen LogP contribution in [0.15, 0.2) is 0 Å². The van der Waals surface area contributed by atoms with Crippen molar-refractivity contribution in [2.24, 2.45) is 11.8 Å². The zero-order chi connectivity index (χ0) is 6.57. The minimum atomic E-state index is 1.03. The van der Waals surface area contributed by atoms with Crippen molar-refractivity contribution in [1.29, 1.82) is 0 Å². The van der Waals surface area contributed by atoms with Crippen LogP contribution in [0.2, 0.25) is 0 Å². The first kappa shape index (κ1) is 8.00. The molecule has 2 unspecified atom stereocenters. The highest BCUT2D eigenvalue weighted by Crippen LogP contribution is 2.32. The molecule has 1 rings (SSSR count). The van der Waals surface area contributed by atoms with Crippen LogP contribution >= 0.6 is 0 Å². The first-order valence-electron chi connectivity index (χ1n) is 3.80. The van der Waals surface area contributed by atoms with E-state index in [-0.39, 0.29) is 0 Å². The molecular weight excluding hydrogens is 96.1 g/mol. The van der Waals surface area contributed by atoms with Gasteiger partial charge in [-0.3, -0.25) is 0 Å². The van der Waals surface area contributed by atoms with Crippen molar-refractivity contribution in [3.8, 4) is 0 Å². The summed E-state index contributed by atoms with van der Waals surface area (Å²) in [5, 5.41) is 0. The molecule has 0 nitrogen and oxygen atoms in total. The summed E-state index contributed by atoms with van der Waals surface area (Å²) >= 11 is 0. The molecule has 1 fully saturated rings. The molecular formula is C8H18. The van der Waals surface area contributed by atoms with E-state index in [0.29, 0.717) is 0 Å². The first-order chi connectivity index (χ1) is 3.80. The summed E-state index contributed by atoms with van der Waals surface area (Å²) in [5.74, 6) is 2.06. The van der Waals surface area contributed by atoms with Gasteiger partial charge < -0.3 is 0 Å². The molecule has 0 aromatic heterocycles. The third-order valence-corrected chi connectivity index (χ3v) is 2.05. The fourth-order valence-corrected chi connectivity index (χ4v) is 0.833. The first-order valence-corrected chi connectivity index (χ1v) is 3.80. The Morgan fingerprint density at radius 2 is 1.12 bits per heavy atom. The Morgan fingerprint density at radius 1 is 0.875 bits per heavy atom. The van der Waals surface area contributed by atoms with Gasteiger partial charge in [0.2, 0.25) is 0 Å². The van der Waals surface area contributed by atoms with E-state index in [1.54, 1.807) is 0 Å². The molecule has 0 aromatic rings. The van der Waals surface area contributed by atoms with Gasteiger partial charge in [0.25, 0.3) is 0 Å². The smallest absolute Gasteiger partial charge is 0.0417 e. The lowest BCUT2D eigenvalue weighted by Crippen LogP contribution is -2.18. The summed E-state index contributed by atoms with van der Waals surface area (Å²) in [6.07, 6.45) is 2.95. The molecule has 8 heavy (non-hydrogen) atoms. The second kappa shape index (κ2) is 3.94. The highest BCUT2D eigenvalue weighted by Gasteiger charge is 2.20. The van der Waals surface area contributed by atoms with Crippen molar-refractivity contribution >= 4 is 0 Å². The fourth-order valence-electron chi connectivity index (χ4n) is 0.833. The van der Waals surface area contributed by atoms with Crippen LogP contribution in [0.5, 0.6) is 0 Å². The lowest BCUT2D eigenvalue weighted by molar-refractivity contribution is 0.219. The molecule has 0 radical (unpaired) electrons. The molecule has 0 amide bonds. The Labute approximate surface area is 53.3 Å². The average molecular weight is 114 g/mol. The van der Waals surface area contributed by atoms with Crippen LogP contribution in [0.4, 0.5) is 0 Å². The van der Waals surface area contributed by atoms with Crippen molar-refractivity contribution in [2.45, 2.75) is 40.5 Å². The molecule has 1 aliphatic carbocycles. The standard InChI is InChI=1S/C6H12.C2H6/c1-5-3-4-6(5)2;1-2/h5-6H,3-4H2,1-2H3;1-2H3. The summed E-state index contributed by atoms with van der Waals surface area (Å²) in [4.78, 5) is 0. The molecule has 0 heteroatoms. The molecule has 0 N–H and O–H groups in total. The van der Waals surface area contributed by atoms with E-state index < -0.39 is 0 Å². The summed E-state index contributed by atoms with van der Waals surface area (Å²) in [5.41, 5.74) is 0. The molecule has 0 aliphatic heterocycles. The van der Waals surface area contributed by atoms with E-state index in [0.717, 1.165) is 11.8 Å². The van der Waals surface area contributed by atoms with Crippen LogP contribution < -0.4 is 0 Å². The van der Waals surface area contributed by atoms with Crippen molar-refractivity contribution in [2.75, 3.05) is 0 Å². The summed E-state index contributed by atoms with van der Waals surface area (Å²) in [6.45, 7) is 8.66. The summed E-state index contributed by atoms with van der Waals surface area (Å²) in [7, 11) is 0. The van der Waals surface area contributed by atoms with Gasteiger partial charge in [0, 0.05) is 0 Å². The Hall–Kier alpha value is 0. The third-order valence-electron chi connectivity index (χ3n) is 2.05. The molecule has 2 atom stereocenters. The largest absolute Gasteiger partial charge is 0.0683 e. The molecule has 50 valence electrons. The molecule has 0 spiro atoms. The fraction of sp³-hybridized carbons (Fsp3) is 1.00. The van der Waals surface area contributed by atoms with Crippen LogP contribution in [0.25, 0.3) is 0 Å². The average Bonchev–Trinajstić information content (AvgIpc) is 1.88. The van der Waals surface area contributed by atoms with Gasteiger partial charge in [-0.2, -0.15) is 0 Å². The predicted molar refractivity (Wildman–Crippen MR) is 38.9 cm³/mol. The van der Waals surface area contributed by atoms with Gasteiger partial charge in [0.05, 0.1) is 0 Å². The van der Waals surface area contributed by atoms with E-state index in [2.05, 4.69) is 13.8 Å². The van der Waals surface area contributed by atoms with E-state index in [9.17, 15) is 0 Å². The molecule has 1 saturated carbocycles. The Balaban J connectivity index is 0.000000222. The van der Waals surface area contributed by atoms with Crippen LogP contribution in [-0.2, 0) is 0 Å². The van der Waals surface area contributed by atoms with Gasteiger partial charge in [-0.1, -0.05) is 40.5 Å². The van der Waals surface area contributed by atoms with E-state index in [1.165, 1.54) is 12.8 Å². The van der Waals surface area contributed by atoms with E-state index in [4.69, 9.17) is 0 Å². The Kier molecular flexibility index (Phi) is 3.94. The maximum Gasteiger partial charge on any atom is -0.0417 e. The van der Waals surface area contributed by atoms with Crippen LogP contribution in [0, 0.1) is 11.8 Å². The van der Waals surface area contributed by atoms with Gasteiger partial charge in [-0.25, -0.2) is 0 Å². The number of hydrogen-bond acceptors (Lipinski definition) is 0. The molecule has 0 bridgehead atoms. The van der Waals surface area contributed by atoms with Crippen LogP contribution in [-0.4, -0.2) is 0 Å². The quantitative estimate of drug-likeness (QED) is 0.454. The van der Waals surface area contributed by atoms with Gasteiger partial charge >= 0.3 is 0 Å². The predicted octanol–water partition coefficient (Wildman–Crippen LogP) is 3.08. The highest BCUT2D eigenvalue weighted by atomic mass is 14.3. The zero-order valence-electron chi connectivity index (χ0n) is 6.57.